The molecule has 0 radical (unpaired) electrons. The first-order valence-corrected chi connectivity index (χ1v) is 0.908. The molecule has 0 atom stereocenters. The van der Waals surface area contributed by atoms with Crippen LogP contribution in [0.1, 0.15) is 0 Å². The monoisotopic (exact) mass is 282 g/mol. The van der Waals surface area contributed by atoms with Gasteiger partial charge in [-0.3, -0.25) is 0 Å². The van der Waals surface area contributed by atoms with Crippen LogP contribution in [0.3, 0.4) is 0 Å². The Morgan fingerprint density at radius 3 is 1.75 bits per heavy atom. The van der Waals surface area contributed by atoms with Gasteiger partial charge in [-0.2, -0.15) is 0 Å². The van der Waals surface area contributed by atoms with E-state index in [2.05, 4.69) is 6.92 Å². The van der Waals surface area contributed by atoms with E-state index >= 15 is 0 Å². The predicted octanol–water partition coefficient (Wildman–Crippen LogP) is -0.221. The van der Waals surface area contributed by atoms with Gasteiger partial charge in [0.15, 0.2) is 0 Å². The third-order valence-corrected chi connectivity index (χ3v) is 0. The van der Waals surface area contributed by atoms with Crippen LogP contribution in [0.5, 0.6) is 0 Å². The number of hydrogen-bond acceptors (Lipinski definition) is 1. The van der Waals surface area contributed by atoms with Crippen molar-refractivity contribution in [1.29, 1.82) is 0 Å². The van der Waals surface area contributed by atoms with E-state index in [0.29, 0.717) is 6.54 Å². The maximum atomic E-state index is 4.74. The molecule has 0 unspecified atom stereocenters. The molecule has 0 aliphatic rings. The van der Waals surface area contributed by atoms with E-state index in [0.717, 1.165) is 0 Å². The zero-order valence-corrected chi connectivity index (χ0v) is 6.66. The number of hydrogen-bond donors (Lipinski definition) is 1. The maximum Gasteiger partial charge on any atom is 0 e. The van der Waals surface area contributed by atoms with Crippen LogP contribution in [0.2, 0.25) is 0 Å². The van der Waals surface area contributed by atoms with Crippen LogP contribution in [0.4, 0.5) is 0 Å². The maximum absolute atomic E-state index is 4.74. The van der Waals surface area contributed by atoms with Crippen LogP contribution < -0.4 is 5.73 Å². The normalized spacial score (nSPS) is 4.50. The van der Waals surface area contributed by atoms with Crippen LogP contribution in [0.25, 0.3) is 0 Å². The van der Waals surface area contributed by atoms with Crippen molar-refractivity contribution in [3.05, 3.63) is 6.92 Å². The minimum Gasteiger partial charge on any atom is -0.360 e. The Bertz CT molecular complexity index is 6.00. The summed E-state index contributed by atoms with van der Waals surface area (Å²) in [6.45, 7) is 3.76. The molecular formula is C2H6NU-. The van der Waals surface area contributed by atoms with E-state index in [-0.39, 0.29) is 31.1 Å². The predicted molar refractivity (Wildman–Crippen MR) is 14.4 cm³/mol. The Kier molecular flexibility index (Phi) is 20.0. The van der Waals surface area contributed by atoms with Crippen molar-refractivity contribution in [3.8, 4) is 0 Å². The summed E-state index contributed by atoms with van der Waals surface area (Å²) >= 11 is 0. The van der Waals surface area contributed by atoms with Gasteiger partial charge in [0, 0.05) is 31.1 Å². The largest absolute Gasteiger partial charge is 0.360 e. The van der Waals surface area contributed by atoms with Gasteiger partial charge in [-0.05, 0) is 0 Å². The van der Waals surface area contributed by atoms with Gasteiger partial charge in [-0.25, -0.2) is 0 Å². The Morgan fingerprint density at radius 2 is 1.75 bits per heavy atom. The fourth-order valence-electron chi connectivity index (χ4n) is 0. The second kappa shape index (κ2) is 8.99. The van der Waals surface area contributed by atoms with Crippen molar-refractivity contribution >= 4 is 0 Å². The molecule has 0 aromatic rings. The Balaban J connectivity index is 0. The molecule has 0 amide bonds. The summed E-state index contributed by atoms with van der Waals surface area (Å²) < 4.78 is 0. The first-order valence-electron chi connectivity index (χ1n) is 0.908. The average Bonchev–Trinajstić information content (AvgIpc) is 0.918. The van der Waals surface area contributed by atoms with Crippen molar-refractivity contribution < 1.29 is 31.1 Å². The molecule has 0 aromatic heterocycles. The molecule has 0 aliphatic carbocycles. The second-order valence-corrected chi connectivity index (χ2v) is 0.289. The summed E-state index contributed by atoms with van der Waals surface area (Å²) in [5, 5.41) is 0. The fraction of sp³-hybridized carbons (Fsp3) is 0.500. The molecule has 1 nitrogen and oxygen atoms in total. The van der Waals surface area contributed by atoms with Crippen LogP contribution >= 0.6 is 0 Å². The molecule has 0 aliphatic heterocycles. The van der Waals surface area contributed by atoms with Gasteiger partial charge >= 0.3 is 0 Å². The summed E-state index contributed by atoms with van der Waals surface area (Å²) in [7, 11) is 0. The molecule has 0 rings (SSSR count). The molecule has 0 fully saturated rings. The first kappa shape index (κ1) is 8.89. The third kappa shape index (κ3) is 11.9. The summed E-state index contributed by atoms with van der Waals surface area (Å²) in [5.41, 5.74) is 4.74. The van der Waals surface area contributed by atoms with E-state index in [1.807, 2.05) is 0 Å². The van der Waals surface area contributed by atoms with Gasteiger partial charge in [0.25, 0.3) is 0 Å². The molecule has 0 bridgehead atoms. The quantitative estimate of drug-likeness (QED) is 0.611. The first-order chi connectivity index (χ1) is 1.41. The second-order valence-electron chi connectivity index (χ2n) is 0.289. The van der Waals surface area contributed by atoms with Gasteiger partial charge < -0.3 is 12.7 Å². The average molecular weight is 282 g/mol. The summed E-state index contributed by atoms with van der Waals surface area (Å²) in [5.74, 6) is 0. The van der Waals surface area contributed by atoms with Gasteiger partial charge in [-0.15, -0.1) is 6.54 Å². The smallest absolute Gasteiger partial charge is 0 e. The summed E-state index contributed by atoms with van der Waals surface area (Å²) in [4.78, 5) is 0. The van der Waals surface area contributed by atoms with E-state index < -0.39 is 0 Å². The molecule has 0 spiro atoms. The van der Waals surface area contributed by atoms with Gasteiger partial charge in [0.2, 0.25) is 0 Å². The minimum atomic E-state index is 0. The fourth-order valence-corrected chi connectivity index (χ4v) is 0. The SMILES string of the molecule is [CH2-]CN.[U]. The standard InChI is InChI=1S/C2H6N.U/c1-2-3;/h1-3H2;/q-1;. The molecule has 0 saturated heterocycles. The minimum absolute atomic E-state index is 0. The van der Waals surface area contributed by atoms with E-state index in [1.54, 1.807) is 0 Å². The number of rotatable bonds is 0. The van der Waals surface area contributed by atoms with Crippen LogP contribution in [0.15, 0.2) is 0 Å². The van der Waals surface area contributed by atoms with E-state index in [1.165, 1.54) is 0 Å². The zero-order chi connectivity index (χ0) is 2.71. The van der Waals surface area contributed by atoms with Crippen LogP contribution in [-0.4, -0.2) is 6.54 Å². The zero-order valence-electron chi connectivity index (χ0n) is 2.49. The molecule has 0 heterocycles. The van der Waals surface area contributed by atoms with Crippen molar-refractivity contribution in [2.24, 2.45) is 5.73 Å². The van der Waals surface area contributed by atoms with Crippen molar-refractivity contribution in [2.45, 2.75) is 0 Å². The summed E-state index contributed by atoms with van der Waals surface area (Å²) in [6.07, 6.45) is 0. The third-order valence-electron chi connectivity index (χ3n) is 0. The molecule has 0 aromatic carbocycles. The molecule has 24 valence electrons. The molecular weight excluding hydrogens is 276 g/mol. The van der Waals surface area contributed by atoms with E-state index in [4.69, 9.17) is 5.73 Å². The van der Waals surface area contributed by atoms with Crippen LogP contribution in [0, 0.1) is 38.0 Å². The topological polar surface area (TPSA) is 26.0 Å². The van der Waals surface area contributed by atoms with E-state index in [9.17, 15) is 0 Å². The van der Waals surface area contributed by atoms with Gasteiger partial charge in [0.1, 0.15) is 0 Å². The Hall–Kier alpha value is 1.01. The Morgan fingerprint density at radius 1 is 1.75 bits per heavy atom. The summed E-state index contributed by atoms with van der Waals surface area (Å²) in [6, 6.07) is 0. The molecule has 0 saturated carbocycles. The van der Waals surface area contributed by atoms with Gasteiger partial charge in [-0.1, -0.05) is 0 Å². The number of nitrogens with two attached hydrogens (primary N) is 1. The van der Waals surface area contributed by atoms with Crippen molar-refractivity contribution in [2.75, 3.05) is 6.54 Å². The molecule has 4 heavy (non-hydrogen) atoms. The molecule has 2 heteroatoms. The van der Waals surface area contributed by atoms with Crippen LogP contribution in [-0.2, 0) is 0 Å². The van der Waals surface area contributed by atoms with Crippen molar-refractivity contribution in [3.63, 3.8) is 0 Å². The van der Waals surface area contributed by atoms with Crippen molar-refractivity contribution in [1.82, 2.24) is 0 Å². The van der Waals surface area contributed by atoms with Gasteiger partial charge in [0.05, 0.1) is 0 Å². The Labute approximate surface area is 50.3 Å². The molecule has 2 N–H and O–H groups in total.